The number of hydrogen-bond acceptors (Lipinski definition) is 3. The highest BCUT2D eigenvalue weighted by molar-refractivity contribution is 5.88. The molecule has 152 valence electrons. The van der Waals surface area contributed by atoms with Crippen LogP contribution >= 0.6 is 0 Å². The molecule has 1 aliphatic carbocycles. The van der Waals surface area contributed by atoms with E-state index >= 15 is 0 Å². The van der Waals surface area contributed by atoms with Gasteiger partial charge in [0.1, 0.15) is 5.75 Å². The minimum Gasteiger partial charge on any atom is -0.491 e. The van der Waals surface area contributed by atoms with Crippen LogP contribution in [0.2, 0.25) is 0 Å². The standard InChI is InChI=1S/C25H29NO3/c1-4-28-25(27)12-13-26-23-11-10-19(18-8-9-18)14-21(23)16-24(26)20-6-5-7-22(15-20)29-17(2)3/h5-7,10-11,14-18H,4,8-9,12-13H2,1-3H3. The smallest absolute Gasteiger partial charge is 0.307 e. The molecule has 1 saturated carbocycles. The fraction of sp³-hybridized carbons (Fsp3) is 0.400. The summed E-state index contributed by atoms with van der Waals surface area (Å²) < 4.78 is 13.3. The Balaban J connectivity index is 1.74. The third-order valence-corrected chi connectivity index (χ3v) is 5.32. The molecule has 29 heavy (non-hydrogen) atoms. The minimum atomic E-state index is -0.160. The van der Waals surface area contributed by atoms with E-state index in [1.807, 2.05) is 32.9 Å². The first-order valence-corrected chi connectivity index (χ1v) is 10.6. The van der Waals surface area contributed by atoms with Crippen molar-refractivity contribution in [3.05, 3.63) is 54.1 Å². The molecule has 4 rings (SSSR count). The number of carbonyl (C=O) groups is 1. The van der Waals surface area contributed by atoms with Gasteiger partial charge in [0.15, 0.2) is 0 Å². The predicted octanol–water partition coefficient (Wildman–Crippen LogP) is 5.93. The van der Waals surface area contributed by atoms with Crippen LogP contribution in [-0.4, -0.2) is 23.2 Å². The maximum atomic E-state index is 12.0. The summed E-state index contributed by atoms with van der Waals surface area (Å²) in [4.78, 5) is 12.0. The van der Waals surface area contributed by atoms with Gasteiger partial charge in [-0.2, -0.15) is 0 Å². The van der Waals surface area contributed by atoms with Crippen LogP contribution in [0.5, 0.6) is 5.75 Å². The van der Waals surface area contributed by atoms with Crippen molar-refractivity contribution in [1.29, 1.82) is 0 Å². The van der Waals surface area contributed by atoms with Gasteiger partial charge in [-0.05, 0) is 75.4 Å². The molecule has 0 N–H and O–H groups in total. The van der Waals surface area contributed by atoms with Gasteiger partial charge in [0.25, 0.3) is 0 Å². The van der Waals surface area contributed by atoms with Gasteiger partial charge in [-0.25, -0.2) is 0 Å². The first kappa shape index (κ1) is 19.6. The van der Waals surface area contributed by atoms with Crippen LogP contribution in [0, 0.1) is 0 Å². The van der Waals surface area contributed by atoms with E-state index in [0.29, 0.717) is 25.5 Å². The number of ether oxygens (including phenoxy) is 2. The fourth-order valence-electron chi connectivity index (χ4n) is 3.88. The van der Waals surface area contributed by atoms with Crippen molar-refractivity contribution in [2.24, 2.45) is 0 Å². The summed E-state index contributed by atoms with van der Waals surface area (Å²) in [6, 6.07) is 17.2. The van der Waals surface area contributed by atoms with E-state index in [0.717, 1.165) is 22.5 Å². The zero-order chi connectivity index (χ0) is 20.4. The summed E-state index contributed by atoms with van der Waals surface area (Å²) in [5.41, 5.74) is 4.77. The second kappa shape index (κ2) is 8.32. The van der Waals surface area contributed by atoms with E-state index < -0.39 is 0 Å². The molecule has 0 spiro atoms. The van der Waals surface area contributed by atoms with Gasteiger partial charge in [-0.15, -0.1) is 0 Å². The van der Waals surface area contributed by atoms with E-state index in [4.69, 9.17) is 9.47 Å². The van der Waals surface area contributed by atoms with Crippen LogP contribution < -0.4 is 4.74 Å². The SMILES string of the molecule is CCOC(=O)CCn1c(-c2cccc(OC(C)C)c2)cc2cc(C3CC3)ccc21. The number of nitrogens with zero attached hydrogens (tertiary/aromatic N) is 1. The van der Waals surface area contributed by atoms with Crippen molar-refractivity contribution in [1.82, 2.24) is 4.57 Å². The molecule has 4 nitrogen and oxygen atoms in total. The molecule has 0 unspecified atom stereocenters. The quantitative estimate of drug-likeness (QED) is 0.447. The molecular formula is C25H29NO3. The molecule has 0 bridgehead atoms. The van der Waals surface area contributed by atoms with Gasteiger partial charge in [0.05, 0.1) is 19.1 Å². The van der Waals surface area contributed by atoms with Crippen molar-refractivity contribution in [2.45, 2.75) is 58.6 Å². The lowest BCUT2D eigenvalue weighted by Gasteiger charge is -2.13. The van der Waals surface area contributed by atoms with Gasteiger partial charge in [-0.1, -0.05) is 18.2 Å². The molecule has 1 fully saturated rings. The Kier molecular flexibility index (Phi) is 5.61. The van der Waals surface area contributed by atoms with Gasteiger partial charge in [0, 0.05) is 28.7 Å². The Labute approximate surface area is 172 Å². The van der Waals surface area contributed by atoms with Gasteiger partial charge in [0.2, 0.25) is 0 Å². The lowest BCUT2D eigenvalue weighted by molar-refractivity contribution is -0.143. The Morgan fingerprint density at radius 2 is 1.97 bits per heavy atom. The summed E-state index contributed by atoms with van der Waals surface area (Å²) in [6.07, 6.45) is 3.06. The molecule has 0 radical (unpaired) electrons. The largest absolute Gasteiger partial charge is 0.491 e. The first-order chi connectivity index (χ1) is 14.0. The Morgan fingerprint density at radius 1 is 1.14 bits per heavy atom. The summed E-state index contributed by atoms with van der Waals surface area (Å²) >= 11 is 0. The molecule has 4 heteroatoms. The highest BCUT2D eigenvalue weighted by atomic mass is 16.5. The van der Waals surface area contributed by atoms with Crippen molar-refractivity contribution in [3.8, 4) is 17.0 Å². The highest BCUT2D eigenvalue weighted by Crippen LogP contribution is 2.41. The minimum absolute atomic E-state index is 0.126. The Hall–Kier alpha value is -2.75. The number of esters is 1. The first-order valence-electron chi connectivity index (χ1n) is 10.6. The number of aryl methyl sites for hydroxylation is 1. The fourth-order valence-corrected chi connectivity index (χ4v) is 3.88. The molecule has 0 amide bonds. The maximum absolute atomic E-state index is 12.0. The van der Waals surface area contributed by atoms with Crippen molar-refractivity contribution >= 4 is 16.9 Å². The number of rotatable bonds is 8. The van der Waals surface area contributed by atoms with E-state index in [2.05, 4.69) is 41.0 Å². The lowest BCUT2D eigenvalue weighted by atomic mass is 10.1. The number of benzene rings is 2. The zero-order valence-corrected chi connectivity index (χ0v) is 17.5. The number of hydrogen-bond donors (Lipinski definition) is 0. The zero-order valence-electron chi connectivity index (χ0n) is 17.5. The average Bonchev–Trinajstić information content (AvgIpc) is 3.47. The van der Waals surface area contributed by atoms with Crippen molar-refractivity contribution in [3.63, 3.8) is 0 Å². The second-order valence-corrected chi connectivity index (χ2v) is 8.02. The molecule has 0 aliphatic heterocycles. The van der Waals surface area contributed by atoms with Crippen molar-refractivity contribution in [2.75, 3.05) is 6.61 Å². The summed E-state index contributed by atoms with van der Waals surface area (Å²) in [7, 11) is 0. The van der Waals surface area contributed by atoms with Crippen LogP contribution in [0.3, 0.4) is 0 Å². The van der Waals surface area contributed by atoms with Crippen LogP contribution in [0.15, 0.2) is 48.5 Å². The van der Waals surface area contributed by atoms with Gasteiger partial charge >= 0.3 is 5.97 Å². The predicted molar refractivity (Wildman–Crippen MR) is 116 cm³/mol. The van der Waals surface area contributed by atoms with E-state index in [1.165, 1.54) is 23.8 Å². The maximum Gasteiger partial charge on any atom is 0.307 e. The third kappa shape index (κ3) is 4.47. The summed E-state index contributed by atoms with van der Waals surface area (Å²) in [5.74, 6) is 1.42. The monoisotopic (exact) mass is 391 g/mol. The number of fused-ring (bicyclic) bond motifs is 1. The molecular weight excluding hydrogens is 362 g/mol. The molecule has 0 atom stereocenters. The molecule has 3 aromatic rings. The molecule has 1 heterocycles. The van der Waals surface area contributed by atoms with Gasteiger partial charge < -0.3 is 14.0 Å². The second-order valence-electron chi connectivity index (χ2n) is 8.02. The molecule has 1 aromatic heterocycles. The van der Waals surface area contributed by atoms with Crippen LogP contribution in [0.4, 0.5) is 0 Å². The Morgan fingerprint density at radius 3 is 2.69 bits per heavy atom. The summed E-state index contributed by atoms with van der Waals surface area (Å²) in [6.45, 7) is 6.91. The highest BCUT2D eigenvalue weighted by Gasteiger charge is 2.24. The lowest BCUT2D eigenvalue weighted by Crippen LogP contribution is -2.10. The normalized spacial score (nSPS) is 13.8. The number of carbonyl (C=O) groups excluding carboxylic acids is 1. The van der Waals surface area contributed by atoms with Gasteiger partial charge in [-0.3, -0.25) is 4.79 Å². The molecule has 0 saturated heterocycles. The molecule has 2 aromatic carbocycles. The third-order valence-electron chi connectivity index (χ3n) is 5.32. The molecule has 1 aliphatic rings. The summed E-state index contributed by atoms with van der Waals surface area (Å²) in [5, 5.41) is 1.23. The van der Waals surface area contributed by atoms with Crippen LogP contribution in [0.1, 0.15) is 51.5 Å². The van der Waals surface area contributed by atoms with E-state index in [9.17, 15) is 4.79 Å². The number of aromatic nitrogens is 1. The van der Waals surface area contributed by atoms with Crippen LogP contribution in [0.25, 0.3) is 22.2 Å². The Bertz CT molecular complexity index is 1010. The van der Waals surface area contributed by atoms with Crippen LogP contribution in [-0.2, 0) is 16.1 Å². The topological polar surface area (TPSA) is 40.5 Å². The average molecular weight is 392 g/mol. The van der Waals surface area contributed by atoms with E-state index in [-0.39, 0.29) is 12.1 Å². The van der Waals surface area contributed by atoms with Crippen molar-refractivity contribution < 1.29 is 14.3 Å². The van der Waals surface area contributed by atoms with E-state index in [1.54, 1.807) is 0 Å².